The van der Waals surface area contributed by atoms with Crippen LogP contribution in [0.5, 0.6) is 5.75 Å². The molecule has 0 fully saturated rings. The molecule has 0 spiro atoms. The number of methoxy groups -OCH3 is 1. The van der Waals surface area contributed by atoms with Crippen molar-refractivity contribution in [3.8, 4) is 5.75 Å². The molecule has 0 unspecified atom stereocenters. The lowest BCUT2D eigenvalue weighted by atomic mass is 10.0. The molecule has 0 saturated carbocycles. The number of rotatable bonds is 5. The SMILES string of the molecule is CCCC[C@@H](N)c1c(F)ccc(OC)c1F. The smallest absolute Gasteiger partial charge is 0.172 e. The van der Waals surface area contributed by atoms with Gasteiger partial charge in [0.25, 0.3) is 0 Å². The molecule has 0 amide bonds. The van der Waals surface area contributed by atoms with Crippen LogP contribution in [0, 0.1) is 11.6 Å². The summed E-state index contributed by atoms with van der Waals surface area (Å²) in [5.74, 6) is -1.27. The van der Waals surface area contributed by atoms with Gasteiger partial charge >= 0.3 is 0 Å². The molecule has 2 nitrogen and oxygen atoms in total. The van der Waals surface area contributed by atoms with Crippen molar-refractivity contribution in [2.24, 2.45) is 5.73 Å². The van der Waals surface area contributed by atoms with E-state index in [9.17, 15) is 8.78 Å². The zero-order valence-corrected chi connectivity index (χ0v) is 9.59. The second kappa shape index (κ2) is 5.80. The highest BCUT2D eigenvalue weighted by Gasteiger charge is 2.19. The molecule has 0 saturated heterocycles. The maximum Gasteiger partial charge on any atom is 0.172 e. The minimum Gasteiger partial charge on any atom is -0.494 e. The number of hydrogen-bond acceptors (Lipinski definition) is 2. The fourth-order valence-corrected chi connectivity index (χ4v) is 1.62. The lowest BCUT2D eigenvalue weighted by Crippen LogP contribution is -2.14. The van der Waals surface area contributed by atoms with E-state index in [1.165, 1.54) is 19.2 Å². The minimum absolute atomic E-state index is 0.0309. The summed E-state index contributed by atoms with van der Waals surface area (Å²) in [5.41, 5.74) is 5.69. The third-order valence-electron chi connectivity index (χ3n) is 2.55. The topological polar surface area (TPSA) is 35.2 Å². The average Bonchev–Trinajstić information content (AvgIpc) is 2.26. The Bertz CT molecular complexity index is 355. The molecule has 1 rings (SSSR count). The number of hydrogen-bond donors (Lipinski definition) is 1. The summed E-state index contributed by atoms with van der Waals surface area (Å²) in [6.07, 6.45) is 2.36. The zero-order chi connectivity index (χ0) is 12.1. The maximum atomic E-state index is 13.8. The van der Waals surface area contributed by atoms with Crippen molar-refractivity contribution < 1.29 is 13.5 Å². The molecule has 0 aromatic heterocycles. The summed E-state index contributed by atoms with van der Waals surface area (Å²) < 4.78 is 32.0. The van der Waals surface area contributed by atoms with E-state index in [2.05, 4.69) is 0 Å². The maximum absolute atomic E-state index is 13.8. The molecule has 1 atom stereocenters. The minimum atomic E-state index is -0.689. The van der Waals surface area contributed by atoms with Gasteiger partial charge in [-0.3, -0.25) is 0 Å². The van der Waals surface area contributed by atoms with Crippen molar-refractivity contribution in [2.75, 3.05) is 7.11 Å². The first-order valence-corrected chi connectivity index (χ1v) is 5.39. The van der Waals surface area contributed by atoms with Crippen LogP contribution in [0.15, 0.2) is 12.1 Å². The first-order chi connectivity index (χ1) is 7.61. The Morgan fingerprint density at radius 3 is 2.62 bits per heavy atom. The molecule has 4 heteroatoms. The summed E-state index contributed by atoms with van der Waals surface area (Å²) in [7, 11) is 1.34. The second-order valence-corrected chi connectivity index (χ2v) is 3.73. The first kappa shape index (κ1) is 12.9. The van der Waals surface area contributed by atoms with Gasteiger partial charge < -0.3 is 10.5 Å². The van der Waals surface area contributed by atoms with Gasteiger partial charge in [-0.25, -0.2) is 8.78 Å². The van der Waals surface area contributed by atoms with Crippen LogP contribution in [0.2, 0.25) is 0 Å². The number of unbranched alkanes of at least 4 members (excludes halogenated alkanes) is 1. The number of ether oxygens (including phenoxy) is 1. The molecule has 90 valence electrons. The van der Waals surface area contributed by atoms with Crippen LogP contribution >= 0.6 is 0 Å². The van der Waals surface area contributed by atoms with Crippen LogP contribution in [-0.4, -0.2) is 7.11 Å². The van der Waals surface area contributed by atoms with E-state index in [1.54, 1.807) is 0 Å². The Morgan fingerprint density at radius 1 is 1.38 bits per heavy atom. The zero-order valence-electron chi connectivity index (χ0n) is 9.59. The van der Waals surface area contributed by atoms with Crippen LogP contribution < -0.4 is 10.5 Å². The Hall–Kier alpha value is -1.16. The lowest BCUT2D eigenvalue weighted by Gasteiger charge is -2.15. The highest BCUT2D eigenvalue weighted by molar-refractivity contribution is 5.34. The van der Waals surface area contributed by atoms with Gasteiger partial charge in [0.15, 0.2) is 11.6 Å². The molecule has 0 bridgehead atoms. The van der Waals surface area contributed by atoms with E-state index in [0.717, 1.165) is 12.8 Å². The summed E-state index contributed by atoms with van der Waals surface area (Å²) in [6.45, 7) is 2.00. The van der Waals surface area contributed by atoms with Crippen LogP contribution in [-0.2, 0) is 0 Å². The Balaban J connectivity index is 3.01. The summed E-state index contributed by atoms with van der Waals surface area (Å²) in [4.78, 5) is 0. The van der Waals surface area contributed by atoms with Gasteiger partial charge in [-0.15, -0.1) is 0 Å². The van der Waals surface area contributed by atoms with Crippen LogP contribution in [0.25, 0.3) is 0 Å². The summed E-state index contributed by atoms with van der Waals surface area (Å²) >= 11 is 0. The first-order valence-electron chi connectivity index (χ1n) is 5.39. The van der Waals surface area contributed by atoms with Gasteiger partial charge in [-0.1, -0.05) is 19.8 Å². The van der Waals surface area contributed by atoms with Gasteiger partial charge in [0.2, 0.25) is 0 Å². The fourth-order valence-electron chi connectivity index (χ4n) is 1.62. The van der Waals surface area contributed by atoms with Gasteiger partial charge in [-0.2, -0.15) is 0 Å². The molecule has 0 aliphatic rings. The van der Waals surface area contributed by atoms with E-state index < -0.39 is 17.7 Å². The highest BCUT2D eigenvalue weighted by atomic mass is 19.1. The quantitative estimate of drug-likeness (QED) is 0.841. The third-order valence-corrected chi connectivity index (χ3v) is 2.55. The predicted molar refractivity (Wildman–Crippen MR) is 59.4 cm³/mol. The number of halogens is 2. The van der Waals surface area contributed by atoms with E-state index in [4.69, 9.17) is 10.5 Å². The monoisotopic (exact) mass is 229 g/mol. The van der Waals surface area contributed by atoms with Crippen molar-refractivity contribution in [3.05, 3.63) is 29.3 Å². The van der Waals surface area contributed by atoms with Gasteiger partial charge in [0, 0.05) is 11.6 Å². The predicted octanol–water partition coefficient (Wildman–Crippen LogP) is 3.16. The van der Waals surface area contributed by atoms with E-state index in [1.807, 2.05) is 6.92 Å². The van der Waals surface area contributed by atoms with E-state index in [0.29, 0.717) is 6.42 Å². The fraction of sp³-hybridized carbons (Fsp3) is 0.500. The Morgan fingerprint density at radius 2 is 2.06 bits per heavy atom. The van der Waals surface area contributed by atoms with Crippen LogP contribution in [0.4, 0.5) is 8.78 Å². The Kier molecular flexibility index (Phi) is 4.68. The third kappa shape index (κ3) is 2.70. The van der Waals surface area contributed by atoms with Crippen molar-refractivity contribution in [2.45, 2.75) is 32.2 Å². The van der Waals surface area contributed by atoms with Crippen LogP contribution in [0.1, 0.15) is 37.8 Å². The molecule has 1 aromatic rings. The molecular weight excluding hydrogens is 212 g/mol. The molecule has 0 aliphatic carbocycles. The molecule has 2 N–H and O–H groups in total. The molecule has 0 radical (unpaired) electrons. The van der Waals surface area contributed by atoms with Crippen LogP contribution in [0.3, 0.4) is 0 Å². The molecule has 0 aliphatic heterocycles. The average molecular weight is 229 g/mol. The number of benzene rings is 1. The largest absolute Gasteiger partial charge is 0.494 e. The van der Waals surface area contributed by atoms with Gasteiger partial charge in [0.1, 0.15) is 5.82 Å². The normalized spacial score (nSPS) is 12.6. The van der Waals surface area contributed by atoms with Crippen molar-refractivity contribution >= 4 is 0 Å². The molecule has 16 heavy (non-hydrogen) atoms. The van der Waals surface area contributed by atoms with E-state index >= 15 is 0 Å². The standard InChI is InChI=1S/C12H17F2NO/c1-3-4-5-9(15)11-8(13)6-7-10(16-2)12(11)14/h6-7,9H,3-5,15H2,1-2H3/t9-/m1/s1. The van der Waals surface area contributed by atoms with Gasteiger partial charge in [0.05, 0.1) is 7.11 Å². The van der Waals surface area contributed by atoms with Crippen molar-refractivity contribution in [3.63, 3.8) is 0 Å². The van der Waals surface area contributed by atoms with E-state index in [-0.39, 0.29) is 11.3 Å². The number of nitrogens with two attached hydrogens (primary N) is 1. The van der Waals surface area contributed by atoms with Crippen molar-refractivity contribution in [1.82, 2.24) is 0 Å². The molecular formula is C12H17F2NO. The lowest BCUT2D eigenvalue weighted by molar-refractivity contribution is 0.376. The summed E-state index contributed by atoms with van der Waals surface area (Å²) in [5, 5.41) is 0. The second-order valence-electron chi connectivity index (χ2n) is 3.73. The molecule has 0 heterocycles. The van der Waals surface area contributed by atoms with Crippen molar-refractivity contribution in [1.29, 1.82) is 0 Å². The highest BCUT2D eigenvalue weighted by Crippen LogP contribution is 2.28. The summed E-state index contributed by atoms with van der Waals surface area (Å²) in [6, 6.07) is 1.83. The van der Waals surface area contributed by atoms with Gasteiger partial charge in [-0.05, 0) is 18.6 Å². The Labute approximate surface area is 94.4 Å². The molecule has 1 aromatic carbocycles.